The van der Waals surface area contributed by atoms with Crippen LogP contribution in [0.25, 0.3) is 0 Å². The van der Waals surface area contributed by atoms with Crippen LogP contribution in [0.4, 0.5) is 0 Å². The van der Waals surface area contributed by atoms with Crippen molar-refractivity contribution in [2.24, 2.45) is 5.92 Å². The second kappa shape index (κ2) is 6.17. The second-order valence-electron chi connectivity index (χ2n) is 3.71. The molecular weight excluding hydrogens is 162 g/mol. The minimum absolute atomic E-state index is 0.655. The lowest BCUT2D eigenvalue weighted by Gasteiger charge is -2.29. The third-order valence-corrected chi connectivity index (χ3v) is 2.89. The highest BCUT2D eigenvalue weighted by molar-refractivity contribution is 4.80. The molecule has 2 nitrogen and oxygen atoms in total. The smallest absolute Gasteiger partial charge is 0.0469 e. The van der Waals surface area contributed by atoms with Gasteiger partial charge in [0.05, 0.1) is 0 Å². The summed E-state index contributed by atoms with van der Waals surface area (Å²) < 4.78 is 5.35. The first kappa shape index (κ1) is 10.7. The highest BCUT2D eigenvalue weighted by Crippen LogP contribution is 2.21. The van der Waals surface area contributed by atoms with Gasteiger partial charge < -0.3 is 10.1 Å². The Morgan fingerprint density at radius 3 is 2.77 bits per heavy atom. The molecule has 13 heavy (non-hydrogen) atoms. The van der Waals surface area contributed by atoms with Gasteiger partial charge >= 0.3 is 0 Å². The van der Waals surface area contributed by atoms with Crippen LogP contribution < -0.4 is 5.32 Å². The Labute approximate surface area is 81.4 Å². The molecule has 1 aliphatic heterocycles. The van der Waals surface area contributed by atoms with Crippen molar-refractivity contribution in [3.05, 3.63) is 12.7 Å². The molecule has 1 rings (SSSR count). The molecule has 0 aromatic carbocycles. The molecule has 1 unspecified atom stereocenters. The van der Waals surface area contributed by atoms with Gasteiger partial charge in [-0.1, -0.05) is 6.08 Å². The van der Waals surface area contributed by atoms with E-state index in [-0.39, 0.29) is 0 Å². The summed E-state index contributed by atoms with van der Waals surface area (Å²) in [5.74, 6) is 0.804. The zero-order chi connectivity index (χ0) is 9.52. The Morgan fingerprint density at radius 1 is 1.54 bits per heavy atom. The summed E-state index contributed by atoms with van der Waals surface area (Å²) in [5, 5.41) is 3.40. The third-order valence-electron chi connectivity index (χ3n) is 2.89. The molecule has 1 heterocycles. The van der Waals surface area contributed by atoms with Crippen LogP contribution in [0.2, 0.25) is 0 Å². The zero-order valence-electron chi connectivity index (χ0n) is 8.59. The van der Waals surface area contributed by atoms with E-state index >= 15 is 0 Å². The van der Waals surface area contributed by atoms with Gasteiger partial charge in [0.25, 0.3) is 0 Å². The predicted octanol–water partition coefficient (Wildman–Crippen LogP) is 1.97. The van der Waals surface area contributed by atoms with Crippen LogP contribution in [0.15, 0.2) is 12.7 Å². The summed E-state index contributed by atoms with van der Waals surface area (Å²) in [6.45, 7) is 5.64. The number of rotatable bonds is 5. The van der Waals surface area contributed by atoms with Gasteiger partial charge in [0.2, 0.25) is 0 Å². The van der Waals surface area contributed by atoms with Crippen molar-refractivity contribution >= 4 is 0 Å². The summed E-state index contributed by atoms with van der Waals surface area (Å²) in [6, 6.07) is 0.655. The molecule has 0 spiro atoms. The Bertz CT molecular complexity index is 141. The lowest BCUT2D eigenvalue weighted by atomic mass is 9.89. The van der Waals surface area contributed by atoms with E-state index in [0.29, 0.717) is 6.04 Å². The first-order valence-electron chi connectivity index (χ1n) is 5.24. The topological polar surface area (TPSA) is 21.3 Å². The standard InChI is InChI=1S/C11H21NO/c1-3-4-5-11(12-2)10-6-8-13-9-7-10/h3,10-12H,1,4-9H2,2H3. The van der Waals surface area contributed by atoms with Gasteiger partial charge in [-0.05, 0) is 38.6 Å². The molecule has 0 amide bonds. The molecule has 1 aliphatic rings. The molecule has 0 saturated carbocycles. The summed E-state index contributed by atoms with van der Waals surface area (Å²) >= 11 is 0. The Balaban J connectivity index is 2.29. The van der Waals surface area contributed by atoms with E-state index in [2.05, 4.69) is 18.9 Å². The second-order valence-corrected chi connectivity index (χ2v) is 3.71. The molecule has 1 fully saturated rings. The van der Waals surface area contributed by atoms with Crippen LogP contribution in [0, 0.1) is 5.92 Å². The molecule has 0 aromatic heterocycles. The van der Waals surface area contributed by atoms with Crippen LogP contribution in [-0.2, 0) is 4.74 Å². The summed E-state index contributed by atoms with van der Waals surface area (Å²) in [6.07, 6.45) is 6.75. The predicted molar refractivity (Wildman–Crippen MR) is 55.8 cm³/mol. The fourth-order valence-electron chi connectivity index (χ4n) is 2.03. The molecule has 1 atom stereocenters. The van der Waals surface area contributed by atoms with Crippen molar-refractivity contribution in [2.75, 3.05) is 20.3 Å². The van der Waals surface area contributed by atoms with Crippen molar-refractivity contribution in [1.82, 2.24) is 5.32 Å². The van der Waals surface area contributed by atoms with Gasteiger partial charge in [-0.3, -0.25) is 0 Å². The summed E-state index contributed by atoms with van der Waals surface area (Å²) in [7, 11) is 2.06. The van der Waals surface area contributed by atoms with Gasteiger partial charge in [0.15, 0.2) is 0 Å². The summed E-state index contributed by atoms with van der Waals surface area (Å²) in [5.41, 5.74) is 0. The SMILES string of the molecule is C=CCCC(NC)C1CCOCC1. The first-order valence-corrected chi connectivity index (χ1v) is 5.24. The minimum atomic E-state index is 0.655. The quantitative estimate of drug-likeness (QED) is 0.658. The number of allylic oxidation sites excluding steroid dienone is 1. The fourth-order valence-corrected chi connectivity index (χ4v) is 2.03. The van der Waals surface area contributed by atoms with Crippen molar-refractivity contribution < 1.29 is 4.74 Å². The molecule has 0 aliphatic carbocycles. The van der Waals surface area contributed by atoms with Gasteiger partial charge in [-0.2, -0.15) is 0 Å². The first-order chi connectivity index (χ1) is 6.38. The zero-order valence-corrected chi connectivity index (χ0v) is 8.59. The van der Waals surface area contributed by atoms with Crippen LogP contribution in [-0.4, -0.2) is 26.3 Å². The number of ether oxygens (including phenoxy) is 1. The molecule has 0 bridgehead atoms. The molecule has 0 radical (unpaired) electrons. The van der Waals surface area contributed by atoms with Crippen molar-refractivity contribution in [3.63, 3.8) is 0 Å². The normalized spacial score (nSPS) is 21.3. The molecule has 1 saturated heterocycles. The Hall–Kier alpha value is -0.340. The largest absolute Gasteiger partial charge is 0.381 e. The maximum Gasteiger partial charge on any atom is 0.0469 e. The molecular formula is C11H21NO. The van der Waals surface area contributed by atoms with Crippen LogP contribution in [0.5, 0.6) is 0 Å². The molecule has 1 N–H and O–H groups in total. The van der Waals surface area contributed by atoms with E-state index in [1.807, 2.05) is 6.08 Å². The van der Waals surface area contributed by atoms with Crippen molar-refractivity contribution in [3.8, 4) is 0 Å². The molecule has 2 heteroatoms. The number of nitrogens with one attached hydrogen (secondary N) is 1. The summed E-state index contributed by atoms with van der Waals surface area (Å²) in [4.78, 5) is 0. The van der Waals surface area contributed by atoms with Gasteiger partial charge in [0, 0.05) is 19.3 Å². The maximum atomic E-state index is 5.35. The minimum Gasteiger partial charge on any atom is -0.381 e. The van der Waals surface area contributed by atoms with Crippen molar-refractivity contribution in [2.45, 2.75) is 31.7 Å². The van der Waals surface area contributed by atoms with Gasteiger partial charge in [0.1, 0.15) is 0 Å². The lowest BCUT2D eigenvalue weighted by molar-refractivity contribution is 0.0537. The van der Waals surface area contributed by atoms with E-state index < -0.39 is 0 Å². The van der Waals surface area contributed by atoms with E-state index in [9.17, 15) is 0 Å². The fraction of sp³-hybridized carbons (Fsp3) is 0.818. The van der Waals surface area contributed by atoms with Crippen LogP contribution in [0.1, 0.15) is 25.7 Å². The average Bonchev–Trinajstić information content (AvgIpc) is 2.21. The van der Waals surface area contributed by atoms with E-state index in [4.69, 9.17) is 4.74 Å². The van der Waals surface area contributed by atoms with E-state index in [1.54, 1.807) is 0 Å². The molecule has 0 aromatic rings. The highest BCUT2D eigenvalue weighted by Gasteiger charge is 2.21. The Kier molecular flexibility index (Phi) is 5.09. The van der Waals surface area contributed by atoms with E-state index in [1.165, 1.54) is 19.3 Å². The van der Waals surface area contributed by atoms with Crippen LogP contribution in [0.3, 0.4) is 0 Å². The van der Waals surface area contributed by atoms with Gasteiger partial charge in [-0.25, -0.2) is 0 Å². The van der Waals surface area contributed by atoms with Gasteiger partial charge in [-0.15, -0.1) is 6.58 Å². The molecule has 76 valence electrons. The van der Waals surface area contributed by atoms with Crippen molar-refractivity contribution in [1.29, 1.82) is 0 Å². The average molecular weight is 183 g/mol. The lowest BCUT2D eigenvalue weighted by Crippen LogP contribution is -2.36. The highest BCUT2D eigenvalue weighted by atomic mass is 16.5. The number of hydrogen-bond acceptors (Lipinski definition) is 2. The maximum absolute atomic E-state index is 5.35. The third kappa shape index (κ3) is 3.49. The monoisotopic (exact) mass is 183 g/mol. The van der Waals surface area contributed by atoms with Crippen LogP contribution >= 0.6 is 0 Å². The van der Waals surface area contributed by atoms with E-state index in [0.717, 1.165) is 25.6 Å². The Morgan fingerprint density at radius 2 is 2.23 bits per heavy atom. The number of hydrogen-bond donors (Lipinski definition) is 1.